The maximum absolute atomic E-state index is 13.5. The molecule has 1 unspecified atom stereocenters. The Hall–Kier alpha value is -1.16. The summed E-state index contributed by atoms with van der Waals surface area (Å²) in [5.74, 6) is -1.26. The molecule has 0 bridgehead atoms. The molecule has 0 fully saturated rings. The van der Waals surface area contributed by atoms with Crippen LogP contribution in [0.4, 0.5) is 8.78 Å². The monoisotopic (exact) mass is 302 g/mol. The summed E-state index contributed by atoms with van der Waals surface area (Å²) in [6.07, 6.45) is -1.13. The van der Waals surface area contributed by atoms with Crippen molar-refractivity contribution in [2.45, 2.75) is 12.5 Å². The van der Waals surface area contributed by atoms with Crippen molar-refractivity contribution in [3.63, 3.8) is 0 Å². The van der Waals surface area contributed by atoms with Gasteiger partial charge >= 0.3 is 0 Å². The molecule has 100 valence electrons. The highest BCUT2D eigenvalue weighted by Crippen LogP contribution is 2.27. The van der Waals surface area contributed by atoms with Gasteiger partial charge in [0.05, 0.1) is 6.10 Å². The van der Waals surface area contributed by atoms with Crippen molar-refractivity contribution in [3.05, 3.63) is 69.2 Å². The first kappa shape index (κ1) is 14.3. The summed E-state index contributed by atoms with van der Waals surface area (Å²) in [7, 11) is 0. The Bertz CT molecular complexity index is 602. The number of hydrogen-bond donors (Lipinski definition) is 1. The SMILES string of the molecule is OC(Cc1cc(Cl)ccc1Cl)c1cc(F)ccc1F. The number of aliphatic hydroxyl groups is 1. The molecular weight excluding hydrogens is 293 g/mol. The largest absolute Gasteiger partial charge is 0.388 e. The maximum atomic E-state index is 13.5. The smallest absolute Gasteiger partial charge is 0.129 e. The van der Waals surface area contributed by atoms with Gasteiger partial charge in [-0.2, -0.15) is 0 Å². The second kappa shape index (κ2) is 5.87. The van der Waals surface area contributed by atoms with Crippen LogP contribution in [0.2, 0.25) is 10.0 Å². The van der Waals surface area contributed by atoms with Crippen molar-refractivity contribution in [3.8, 4) is 0 Å². The maximum Gasteiger partial charge on any atom is 0.129 e. The Balaban J connectivity index is 2.27. The third kappa shape index (κ3) is 3.44. The molecule has 1 nitrogen and oxygen atoms in total. The first-order valence-electron chi connectivity index (χ1n) is 5.54. The lowest BCUT2D eigenvalue weighted by molar-refractivity contribution is 0.173. The third-order valence-corrected chi connectivity index (χ3v) is 3.34. The predicted molar refractivity (Wildman–Crippen MR) is 71.5 cm³/mol. The van der Waals surface area contributed by atoms with E-state index >= 15 is 0 Å². The van der Waals surface area contributed by atoms with Crippen LogP contribution in [0.25, 0.3) is 0 Å². The lowest BCUT2D eigenvalue weighted by Crippen LogP contribution is -2.05. The van der Waals surface area contributed by atoms with Gasteiger partial charge in [0.1, 0.15) is 11.6 Å². The molecule has 0 amide bonds. The van der Waals surface area contributed by atoms with E-state index < -0.39 is 17.7 Å². The molecule has 0 aliphatic heterocycles. The summed E-state index contributed by atoms with van der Waals surface area (Å²) < 4.78 is 26.6. The van der Waals surface area contributed by atoms with Gasteiger partial charge in [-0.3, -0.25) is 0 Å². The number of aliphatic hydroxyl groups excluding tert-OH is 1. The Kier molecular flexibility index (Phi) is 4.40. The molecule has 0 aliphatic rings. The van der Waals surface area contributed by atoms with Gasteiger partial charge in [-0.1, -0.05) is 23.2 Å². The second-order valence-electron chi connectivity index (χ2n) is 4.12. The van der Waals surface area contributed by atoms with E-state index in [2.05, 4.69) is 0 Å². The summed E-state index contributed by atoms with van der Waals surface area (Å²) >= 11 is 11.8. The number of rotatable bonds is 3. The molecule has 0 radical (unpaired) electrons. The van der Waals surface area contributed by atoms with Gasteiger partial charge < -0.3 is 5.11 Å². The molecule has 0 saturated carbocycles. The van der Waals surface area contributed by atoms with Gasteiger partial charge in [0.15, 0.2) is 0 Å². The normalized spacial score (nSPS) is 12.5. The van der Waals surface area contributed by atoms with Crippen LogP contribution >= 0.6 is 23.2 Å². The van der Waals surface area contributed by atoms with Gasteiger partial charge in [0.2, 0.25) is 0 Å². The van der Waals surface area contributed by atoms with E-state index in [1.54, 1.807) is 18.2 Å². The van der Waals surface area contributed by atoms with Gasteiger partial charge in [-0.05, 0) is 42.0 Å². The van der Waals surface area contributed by atoms with Crippen LogP contribution in [-0.4, -0.2) is 5.11 Å². The van der Waals surface area contributed by atoms with Gasteiger partial charge in [-0.15, -0.1) is 0 Å². The Morgan fingerprint density at radius 1 is 1.05 bits per heavy atom. The highest BCUT2D eigenvalue weighted by Gasteiger charge is 2.16. The molecular formula is C14H10Cl2F2O. The van der Waals surface area contributed by atoms with Gasteiger partial charge in [0.25, 0.3) is 0 Å². The Labute approximate surface area is 119 Å². The minimum absolute atomic E-state index is 0.0553. The van der Waals surface area contributed by atoms with Crippen LogP contribution in [0.5, 0.6) is 0 Å². The number of benzene rings is 2. The Morgan fingerprint density at radius 2 is 1.79 bits per heavy atom. The molecule has 1 atom stereocenters. The molecule has 0 saturated heterocycles. The lowest BCUT2D eigenvalue weighted by atomic mass is 10.0. The van der Waals surface area contributed by atoms with E-state index in [-0.39, 0.29) is 12.0 Å². The predicted octanol–water partition coefficient (Wildman–Crippen LogP) is 4.55. The van der Waals surface area contributed by atoms with Gasteiger partial charge in [-0.25, -0.2) is 8.78 Å². The molecule has 0 aliphatic carbocycles. The molecule has 2 rings (SSSR count). The third-order valence-electron chi connectivity index (χ3n) is 2.74. The average molecular weight is 303 g/mol. The highest BCUT2D eigenvalue weighted by atomic mass is 35.5. The molecule has 0 spiro atoms. The molecule has 0 aromatic heterocycles. The zero-order valence-electron chi connectivity index (χ0n) is 9.71. The summed E-state index contributed by atoms with van der Waals surface area (Å²) in [4.78, 5) is 0. The van der Waals surface area contributed by atoms with Crippen molar-refractivity contribution in [2.24, 2.45) is 0 Å². The number of halogens is 4. The van der Waals surface area contributed by atoms with Crippen molar-refractivity contribution in [1.29, 1.82) is 0 Å². The highest BCUT2D eigenvalue weighted by molar-refractivity contribution is 6.33. The standard InChI is InChI=1S/C14H10Cl2F2O/c15-9-1-3-12(16)8(5-9)6-14(19)11-7-10(17)2-4-13(11)18/h1-5,7,14,19H,6H2. The minimum Gasteiger partial charge on any atom is -0.388 e. The van der Waals surface area contributed by atoms with E-state index in [1.807, 2.05) is 0 Å². The average Bonchev–Trinajstić information content (AvgIpc) is 2.36. The van der Waals surface area contributed by atoms with Crippen LogP contribution in [0.3, 0.4) is 0 Å². The van der Waals surface area contributed by atoms with E-state index in [1.165, 1.54) is 0 Å². The molecule has 5 heteroatoms. The molecule has 2 aromatic rings. The molecule has 2 aromatic carbocycles. The van der Waals surface area contributed by atoms with Crippen LogP contribution < -0.4 is 0 Å². The lowest BCUT2D eigenvalue weighted by Gasteiger charge is -2.13. The summed E-state index contributed by atoms with van der Waals surface area (Å²) in [6.45, 7) is 0. The van der Waals surface area contributed by atoms with Crippen molar-refractivity contribution >= 4 is 23.2 Å². The van der Waals surface area contributed by atoms with Crippen LogP contribution in [-0.2, 0) is 6.42 Å². The minimum atomic E-state index is -1.19. The van der Waals surface area contributed by atoms with Crippen molar-refractivity contribution < 1.29 is 13.9 Å². The van der Waals surface area contributed by atoms with Crippen molar-refractivity contribution in [1.82, 2.24) is 0 Å². The fourth-order valence-electron chi connectivity index (χ4n) is 1.79. The van der Waals surface area contributed by atoms with E-state index in [9.17, 15) is 13.9 Å². The van der Waals surface area contributed by atoms with Crippen LogP contribution in [0.1, 0.15) is 17.2 Å². The topological polar surface area (TPSA) is 20.2 Å². The van der Waals surface area contributed by atoms with Crippen molar-refractivity contribution in [2.75, 3.05) is 0 Å². The molecule has 19 heavy (non-hydrogen) atoms. The Morgan fingerprint density at radius 3 is 2.53 bits per heavy atom. The van der Waals surface area contributed by atoms with E-state index in [0.29, 0.717) is 15.6 Å². The molecule has 1 N–H and O–H groups in total. The summed E-state index contributed by atoms with van der Waals surface area (Å²) in [5.41, 5.74) is 0.473. The van der Waals surface area contributed by atoms with Crippen LogP contribution in [0, 0.1) is 11.6 Å². The zero-order valence-corrected chi connectivity index (χ0v) is 11.2. The first-order valence-corrected chi connectivity index (χ1v) is 6.30. The van der Waals surface area contributed by atoms with Crippen LogP contribution in [0.15, 0.2) is 36.4 Å². The fourth-order valence-corrected chi connectivity index (χ4v) is 2.18. The first-order chi connectivity index (χ1) is 8.97. The number of hydrogen-bond acceptors (Lipinski definition) is 1. The zero-order chi connectivity index (χ0) is 14.0. The van der Waals surface area contributed by atoms with E-state index in [0.717, 1.165) is 18.2 Å². The van der Waals surface area contributed by atoms with E-state index in [4.69, 9.17) is 23.2 Å². The molecule has 0 heterocycles. The fraction of sp³-hybridized carbons (Fsp3) is 0.143. The summed E-state index contributed by atoms with van der Waals surface area (Å²) in [6, 6.07) is 7.74. The quantitative estimate of drug-likeness (QED) is 0.882. The van der Waals surface area contributed by atoms with Gasteiger partial charge in [0, 0.05) is 22.0 Å². The second-order valence-corrected chi connectivity index (χ2v) is 4.97. The summed E-state index contributed by atoms with van der Waals surface area (Å²) in [5, 5.41) is 10.9.